The molecule has 0 aliphatic carbocycles. The van der Waals surface area contributed by atoms with Crippen LogP contribution < -0.4 is 5.73 Å². The molecule has 0 aliphatic rings. The molecule has 100 valence electrons. The minimum atomic E-state index is -1.29. The Labute approximate surface area is 118 Å². The van der Waals surface area contributed by atoms with Gasteiger partial charge < -0.3 is 10.6 Å². The fourth-order valence-electron chi connectivity index (χ4n) is 1.35. The summed E-state index contributed by atoms with van der Waals surface area (Å²) in [6.45, 7) is 1.15. The van der Waals surface area contributed by atoms with Crippen LogP contribution in [0.1, 0.15) is 6.42 Å². The predicted molar refractivity (Wildman–Crippen MR) is 76.7 cm³/mol. The summed E-state index contributed by atoms with van der Waals surface area (Å²) in [6.07, 6.45) is 0.757. The van der Waals surface area contributed by atoms with Crippen molar-refractivity contribution in [3.8, 4) is 0 Å². The largest absolute Gasteiger partial charge is 0.345 e. The summed E-state index contributed by atoms with van der Waals surface area (Å²) in [5.74, 6) is -0.104. The average molecular weight is 333 g/mol. The maximum absolute atomic E-state index is 12.0. The number of carbonyl (C=O) groups excluding carboxylic acids is 1. The van der Waals surface area contributed by atoms with Crippen LogP contribution >= 0.6 is 15.9 Å². The van der Waals surface area contributed by atoms with Gasteiger partial charge in [-0.3, -0.25) is 9.00 Å². The van der Waals surface area contributed by atoms with Gasteiger partial charge in [0.05, 0.1) is 10.8 Å². The number of hydrogen-bond donors (Lipinski definition) is 1. The van der Waals surface area contributed by atoms with E-state index in [1.54, 1.807) is 24.1 Å². The highest BCUT2D eigenvalue weighted by atomic mass is 79.9. The Kier molecular flexibility index (Phi) is 6.52. The number of hydrogen-bond acceptors (Lipinski definition) is 3. The minimum absolute atomic E-state index is 0.0166. The van der Waals surface area contributed by atoms with Crippen LogP contribution in [-0.4, -0.2) is 40.9 Å². The fourth-order valence-corrected chi connectivity index (χ4v) is 2.66. The normalized spacial score (nSPS) is 12.2. The number of nitrogens with two attached hydrogens (primary N) is 1. The lowest BCUT2D eigenvalue weighted by Gasteiger charge is -2.16. The SMILES string of the molecule is CN(CCCN)C(=O)CS(=O)c1ccc(Br)cc1. The van der Waals surface area contributed by atoms with Gasteiger partial charge in [-0.25, -0.2) is 0 Å². The molecule has 0 spiro atoms. The van der Waals surface area contributed by atoms with Gasteiger partial charge in [0.1, 0.15) is 5.75 Å². The molecule has 0 saturated carbocycles. The summed E-state index contributed by atoms with van der Waals surface area (Å²) in [7, 11) is 0.414. The van der Waals surface area contributed by atoms with Gasteiger partial charge in [0.15, 0.2) is 0 Å². The molecule has 1 rings (SSSR count). The molecule has 18 heavy (non-hydrogen) atoms. The van der Waals surface area contributed by atoms with Crippen molar-refractivity contribution in [3.63, 3.8) is 0 Å². The van der Waals surface area contributed by atoms with Crippen LogP contribution in [-0.2, 0) is 15.6 Å². The molecule has 0 heterocycles. The summed E-state index contributed by atoms with van der Waals surface area (Å²) in [5.41, 5.74) is 5.38. The quantitative estimate of drug-likeness (QED) is 0.855. The first kappa shape index (κ1) is 15.3. The molecule has 6 heteroatoms. The van der Waals surface area contributed by atoms with Crippen molar-refractivity contribution < 1.29 is 9.00 Å². The van der Waals surface area contributed by atoms with Crippen molar-refractivity contribution in [2.75, 3.05) is 25.9 Å². The lowest BCUT2D eigenvalue weighted by atomic mass is 10.4. The molecule has 2 N–H and O–H groups in total. The van der Waals surface area contributed by atoms with E-state index in [2.05, 4.69) is 15.9 Å². The van der Waals surface area contributed by atoms with Gasteiger partial charge in [-0.15, -0.1) is 0 Å². The molecule has 0 bridgehead atoms. The topological polar surface area (TPSA) is 63.4 Å². The molecule has 0 saturated heterocycles. The highest BCUT2D eigenvalue weighted by Crippen LogP contribution is 2.13. The lowest BCUT2D eigenvalue weighted by molar-refractivity contribution is -0.127. The zero-order valence-electron chi connectivity index (χ0n) is 10.3. The summed E-state index contributed by atoms with van der Waals surface area (Å²) >= 11 is 3.31. The Morgan fingerprint density at radius 3 is 2.56 bits per heavy atom. The number of benzene rings is 1. The fraction of sp³-hybridized carbons (Fsp3) is 0.417. The van der Waals surface area contributed by atoms with Gasteiger partial charge in [0.2, 0.25) is 5.91 Å². The van der Waals surface area contributed by atoms with Gasteiger partial charge in [0, 0.05) is 23.0 Å². The van der Waals surface area contributed by atoms with Crippen LogP contribution in [0, 0.1) is 0 Å². The Hall–Kier alpha value is -0.720. The molecular formula is C12H17BrN2O2S. The highest BCUT2D eigenvalue weighted by Gasteiger charge is 2.13. The third-order valence-electron chi connectivity index (χ3n) is 2.45. The second kappa shape index (κ2) is 7.66. The monoisotopic (exact) mass is 332 g/mol. The lowest BCUT2D eigenvalue weighted by Crippen LogP contribution is -2.32. The van der Waals surface area contributed by atoms with Crippen LogP contribution in [0.4, 0.5) is 0 Å². The molecule has 0 radical (unpaired) electrons. The molecule has 1 aromatic rings. The molecule has 0 aliphatic heterocycles. The zero-order chi connectivity index (χ0) is 13.5. The van der Waals surface area contributed by atoms with E-state index in [4.69, 9.17) is 5.73 Å². The van der Waals surface area contributed by atoms with E-state index in [1.165, 1.54) is 0 Å². The number of carbonyl (C=O) groups is 1. The average Bonchev–Trinajstić information content (AvgIpc) is 2.36. The first-order chi connectivity index (χ1) is 8.54. The van der Waals surface area contributed by atoms with Crippen molar-refractivity contribution in [2.24, 2.45) is 5.73 Å². The third kappa shape index (κ3) is 4.88. The Morgan fingerprint density at radius 2 is 2.00 bits per heavy atom. The Balaban J connectivity index is 2.54. The van der Waals surface area contributed by atoms with Crippen molar-refractivity contribution in [2.45, 2.75) is 11.3 Å². The van der Waals surface area contributed by atoms with E-state index in [1.807, 2.05) is 12.1 Å². The minimum Gasteiger partial charge on any atom is -0.345 e. The molecule has 0 fully saturated rings. The maximum Gasteiger partial charge on any atom is 0.235 e. The van der Waals surface area contributed by atoms with Gasteiger partial charge in [-0.2, -0.15) is 0 Å². The molecule has 0 aromatic heterocycles. The van der Waals surface area contributed by atoms with E-state index in [0.29, 0.717) is 18.0 Å². The van der Waals surface area contributed by atoms with E-state index >= 15 is 0 Å². The molecule has 1 unspecified atom stereocenters. The third-order valence-corrected chi connectivity index (χ3v) is 4.29. The van der Waals surface area contributed by atoms with Crippen LogP contribution in [0.2, 0.25) is 0 Å². The number of nitrogens with zero attached hydrogens (tertiary/aromatic N) is 1. The van der Waals surface area contributed by atoms with Gasteiger partial charge in [0.25, 0.3) is 0 Å². The molecule has 1 atom stereocenters. The highest BCUT2D eigenvalue weighted by molar-refractivity contribution is 9.10. The first-order valence-corrected chi connectivity index (χ1v) is 7.73. The Morgan fingerprint density at radius 1 is 1.39 bits per heavy atom. The maximum atomic E-state index is 12.0. The van der Waals surface area contributed by atoms with Gasteiger partial charge in [-0.1, -0.05) is 15.9 Å². The van der Waals surface area contributed by atoms with Crippen molar-refractivity contribution in [3.05, 3.63) is 28.7 Å². The summed E-state index contributed by atoms with van der Waals surface area (Å²) < 4.78 is 12.9. The zero-order valence-corrected chi connectivity index (χ0v) is 12.7. The first-order valence-electron chi connectivity index (χ1n) is 5.62. The molecular weight excluding hydrogens is 316 g/mol. The van der Waals surface area contributed by atoms with Crippen molar-refractivity contribution >= 4 is 32.6 Å². The number of rotatable bonds is 6. The second-order valence-electron chi connectivity index (χ2n) is 3.90. The van der Waals surface area contributed by atoms with E-state index in [0.717, 1.165) is 10.9 Å². The standard InChI is InChI=1S/C12H17BrN2O2S/c1-15(8-2-7-14)12(16)9-18(17)11-5-3-10(13)4-6-11/h3-6H,2,7-9,14H2,1H3. The molecule has 4 nitrogen and oxygen atoms in total. The van der Waals surface area contributed by atoms with Crippen LogP contribution in [0.15, 0.2) is 33.6 Å². The van der Waals surface area contributed by atoms with Crippen LogP contribution in [0.3, 0.4) is 0 Å². The second-order valence-corrected chi connectivity index (χ2v) is 6.27. The summed E-state index contributed by atoms with van der Waals surface area (Å²) in [4.78, 5) is 14.0. The predicted octanol–water partition coefficient (Wildman–Crippen LogP) is 1.36. The van der Waals surface area contributed by atoms with Gasteiger partial charge in [-0.05, 0) is 37.2 Å². The van der Waals surface area contributed by atoms with Crippen molar-refractivity contribution in [1.82, 2.24) is 4.90 Å². The summed E-state index contributed by atoms with van der Waals surface area (Å²) in [5, 5.41) is 0. The van der Waals surface area contributed by atoms with Gasteiger partial charge >= 0.3 is 0 Å². The molecule has 1 amide bonds. The number of halogens is 1. The van der Waals surface area contributed by atoms with E-state index in [9.17, 15) is 9.00 Å². The molecule has 1 aromatic carbocycles. The number of amides is 1. The summed E-state index contributed by atoms with van der Waals surface area (Å²) in [6, 6.07) is 7.15. The van der Waals surface area contributed by atoms with E-state index < -0.39 is 10.8 Å². The van der Waals surface area contributed by atoms with E-state index in [-0.39, 0.29) is 11.7 Å². The van der Waals surface area contributed by atoms with Crippen LogP contribution in [0.25, 0.3) is 0 Å². The van der Waals surface area contributed by atoms with Crippen molar-refractivity contribution in [1.29, 1.82) is 0 Å². The Bertz CT molecular complexity index is 423. The van der Waals surface area contributed by atoms with Crippen LogP contribution in [0.5, 0.6) is 0 Å². The smallest absolute Gasteiger partial charge is 0.235 e.